The van der Waals surface area contributed by atoms with Gasteiger partial charge in [0.1, 0.15) is 5.75 Å². The highest BCUT2D eigenvalue weighted by Gasteiger charge is 2.37. The zero-order chi connectivity index (χ0) is 25.1. The van der Waals surface area contributed by atoms with Crippen molar-refractivity contribution >= 4 is 47.6 Å². The van der Waals surface area contributed by atoms with Crippen LogP contribution < -0.4 is 10.0 Å². The zero-order valence-corrected chi connectivity index (χ0v) is 22.3. The van der Waals surface area contributed by atoms with Crippen molar-refractivity contribution in [2.24, 2.45) is 5.14 Å². The van der Waals surface area contributed by atoms with Crippen molar-refractivity contribution < 1.29 is 21.6 Å². The van der Waals surface area contributed by atoms with Gasteiger partial charge in [-0.25, -0.2) is 22.0 Å². The highest BCUT2D eigenvalue weighted by molar-refractivity contribution is 9.10. The Morgan fingerprint density at radius 2 is 1.79 bits per heavy atom. The Labute approximate surface area is 209 Å². The fraction of sp³-hybridized carbons (Fsp3) is 0.409. The van der Waals surface area contributed by atoms with Crippen LogP contribution in [0.5, 0.6) is 0 Å². The second kappa shape index (κ2) is 10.8. The average molecular weight is 574 g/mol. The number of carbonyl (C=O) groups is 1. The van der Waals surface area contributed by atoms with Gasteiger partial charge in [0.25, 0.3) is 0 Å². The smallest absolute Gasteiger partial charge is 0.243 e. The van der Waals surface area contributed by atoms with Crippen molar-refractivity contribution in [3.05, 3.63) is 64.1 Å². The molecule has 3 rings (SSSR count). The zero-order valence-electron chi connectivity index (χ0n) is 19.1. The van der Waals surface area contributed by atoms with E-state index in [1.54, 1.807) is 37.2 Å². The number of benzene rings is 2. The number of carbonyl (C=O) groups excluding carboxylic acids is 1. The first kappa shape index (κ1) is 26.8. The third kappa shape index (κ3) is 7.09. The molecule has 12 heteroatoms. The summed E-state index contributed by atoms with van der Waals surface area (Å²) in [5, 5.41) is 5.16. The average Bonchev–Trinajstić information content (AvgIpc) is 2.89. The summed E-state index contributed by atoms with van der Waals surface area (Å²) in [7, 11) is -4.17. The van der Waals surface area contributed by atoms with Gasteiger partial charge in [-0.05, 0) is 49.8 Å². The molecule has 34 heavy (non-hydrogen) atoms. The summed E-state index contributed by atoms with van der Waals surface area (Å²) in [5.74, 6) is -1.65. The summed E-state index contributed by atoms with van der Waals surface area (Å²) < 4.78 is 52.6. The molecule has 2 aromatic rings. The first-order valence-corrected chi connectivity index (χ1v) is 14.7. The number of sulfonamides is 2. The number of hydrogen-bond donors (Lipinski definition) is 1. The van der Waals surface area contributed by atoms with Crippen molar-refractivity contribution in [2.45, 2.75) is 19.0 Å². The number of hydrogen-bond acceptors (Lipinski definition) is 6. The molecule has 1 aliphatic heterocycles. The molecule has 0 spiro atoms. The Balaban J connectivity index is 2.10. The third-order valence-corrected chi connectivity index (χ3v) is 8.54. The maximum Gasteiger partial charge on any atom is 0.243 e. The van der Waals surface area contributed by atoms with Crippen LogP contribution in [0.1, 0.15) is 11.1 Å². The van der Waals surface area contributed by atoms with Gasteiger partial charge < -0.3 is 9.80 Å². The molecule has 186 valence electrons. The summed E-state index contributed by atoms with van der Waals surface area (Å²) in [6, 6.07) is 14.0. The van der Waals surface area contributed by atoms with E-state index in [9.17, 15) is 21.6 Å². The molecule has 0 saturated heterocycles. The highest BCUT2D eigenvalue weighted by atomic mass is 79.9. The molecule has 1 aliphatic rings. The second-order valence-corrected chi connectivity index (χ2v) is 13.2. The first-order chi connectivity index (χ1) is 15.9. The largest absolute Gasteiger partial charge is 0.310 e. The molecule has 0 radical (unpaired) electrons. The number of fused-ring (bicyclic) bond motifs is 1. The van der Waals surface area contributed by atoms with Gasteiger partial charge in [0.05, 0.1) is 5.75 Å². The Kier molecular flexibility index (Phi) is 8.53. The molecule has 0 bridgehead atoms. The molecular weight excluding hydrogens is 544 g/mol. The molecule has 0 fully saturated rings. The Bertz CT molecular complexity index is 1240. The van der Waals surface area contributed by atoms with E-state index in [4.69, 9.17) is 5.14 Å². The van der Waals surface area contributed by atoms with Crippen LogP contribution in [0, 0.1) is 0 Å². The number of nitrogens with two attached hydrogens (primary N) is 1. The lowest BCUT2D eigenvalue weighted by Crippen LogP contribution is -2.49. The lowest BCUT2D eigenvalue weighted by Gasteiger charge is -2.31. The van der Waals surface area contributed by atoms with E-state index in [1.807, 2.05) is 30.3 Å². The predicted octanol–water partition coefficient (Wildman–Crippen LogP) is 1.39. The Hall–Kier alpha value is -1.83. The van der Waals surface area contributed by atoms with Crippen LogP contribution in [0.2, 0.25) is 0 Å². The lowest BCUT2D eigenvalue weighted by atomic mass is 10.1. The molecule has 1 heterocycles. The summed E-state index contributed by atoms with van der Waals surface area (Å²) >= 11 is 3.42. The van der Waals surface area contributed by atoms with E-state index < -0.39 is 37.7 Å². The van der Waals surface area contributed by atoms with Crippen molar-refractivity contribution in [3.8, 4) is 0 Å². The Morgan fingerprint density at radius 1 is 1.12 bits per heavy atom. The molecule has 0 aromatic heterocycles. The van der Waals surface area contributed by atoms with Crippen LogP contribution in [0.4, 0.5) is 5.69 Å². The van der Waals surface area contributed by atoms with E-state index in [2.05, 4.69) is 15.9 Å². The van der Waals surface area contributed by atoms with E-state index in [0.717, 1.165) is 10.0 Å². The Morgan fingerprint density at radius 3 is 2.41 bits per heavy atom. The fourth-order valence-corrected chi connectivity index (χ4v) is 6.59. The van der Waals surface area contributed by atoms with Gasteiger partial charge >= 0.3 is 0 Å². The van der Waals surface area contributed by atoms with Gasteiger partial charge in [0.15, 0.2) is 0 Å². The van der Waals surface area contributed by atoms with Crippen molar-refractivity contribution in [3.63, 3.8) is 0 Å². The van der Waals surface area contributed by atoms with Gasteiger partial charge in [-0.2, -0.15) is 4.31 Å². The molecule has 2 N–H and O–H groups in total. The van der Waals surface area contributed by atoms with E-state index >= 15 is 0 Å². The maximum atomic E-state index is 13.5. The standard InChI is InChI=1S/C22H29BrN4O5S2/c1-25(2)10-11-34(31,32)27-14-18-13-19(23)8-9-21(18)26(22(28)16-33(24,29)30)15-20(27)12-17-6-4-3-5-7-17/h3-9,13,20H,10-12,14-16H2,1-2H3,(H2,24,29,30). The highest BCUT2D eigenvalue weighted by Crippen LogP contribution is 2.32. The molecule has 0 saturated carbocycles. The van der Waals surface area contributed by atoms with Gasteiger partial charge in [0.2, 0.25) is 26.0 Å². The van der Waals surface area contributed by atoms with E-state index in [1.165, 1.54) is 9.21 Å². The van der Waals surface area contributed by atoms with Gasteiger partial charge in [-0.3, -0.25) is 4.79 Å². The van der Waals surface area contributed by atoms with Crippen molar-refractivity contribution in [1.29, 1.82) is 0 Å². The normalized spacial score (nSPS) is 17.4. The number of nitrogens with zero attached hydrogens (tertiary/aromatic N) is 3. The van der Waals surface area contributed by atoms with Crippen molar-refractivity contribution in [2.75, 3.05) is 43.6 Å². The number of anilines is 1. The molecule has 0 aliphatic carbocycles. The quantitative estimate of drug-likeness (QED) is 0.510. The minimum Gasteiger partial charge on any atom is -0.310 e. The summed E-state index contributed by atoms with van der Waals surface area (Å²) in [6.45, 7) is 0.399. The third-order valence-electron chi connectivity index (χ3n) is 5.55. The number of rotatable bonds is 8. The van der Waals surface area contributed by atoms with Gasteiger partial charge in [0, 0.05) is 35.8 Å². The van der Waals surface area contributed by atoms with Crippen LogP contribution >= 0.6 is 15.9 Å². The predicted molar refractivity (Wildman–Crippen MR) is 136 cm³/mol. The molecule has 9 nitrogen and oxygen atoms in total. The van der Waals surface area contributed by atoms with Crippen LogP contribution in [-0.2, 0) is 37.8 Å². The SMILES string of the molecule is CN(C)CCS(=O)(=O)N1Cc2cc(Br)ccc2N(C(=O)CS(N)(=O)=O)CC1Cc1ccccc1. The van der Waals surface area contributed by atoms with Crippen LogP contribution in [0.3, 0.4) is 0 Å². The lowest BCUT2D eigenvalue weighted by molar-refractivity contribution is -0.116. The molecular formula is C22H29BrN4O5S2. The van der Waals surface area contributed by atoms with E-state index in [-0.39, 0.29) is 18.8 Å². The second-order valence-electron chi connectivity index (χ2n) is 8.59. The van der Waals surface area contributed by atoms with Gasteiger partial charge in [-0.15, -0.1) is 0 Å². The monoisotopic (exact) mass is 572 g/mol. The molecule has 1 atom stereocenters. The number of halogens is 1. The topological polar surface area (TPSA) is 121 Å². The molecule has 1 unspecified atom stereocenters. The minimum atomic E-state index is -4.07. The fourth-order valence-electron chi connectivity index (χ4n) is 3.92. The van der Waals surface area contributed by atoms with Crippen LogP contribution in [0.15, 0.2) is 53.0 Å². The molecule has 2 aromatic carbocycles. The van der Waals surface area contributed by atoms with Crippen LogP contribution in [-0.4, -0.2) is 76.7 Å². The van der Waals surface area contributed by atoms with Crippen LogP contribution in [0.25, 0.3) is 0 Å². The maximum absolute atomic E-state index is 13.5. The minimum absolute atomic E-state index is 0.000918. The number of primary sulfonamides is 1. The number of amides is 1. The summed E-state index contributed by atoms with van der Waals surface area (Å²) in [6.07, 6.45) is 0.357. The first-order valence-electron chi connectivity index (χ1n) is 10.6. The summed E-state index contributed by atoms with van der Waals surface area (Å²) in [4.78, 5) is 16.2. The van der Waals surface area contributed by atoms with Crippen molar-refractivity contribution in [1.82, 2.24) is 9.21 Å². The van der Waals surface area contributed by atoms with Gasteiger partial charge in [-0.1, -0.05) is 46.3 Å². The summed E-state index contributed by atoms with van der Waals surface area (Å²) in [5.41, 5.74) is 1.98. The molecule has 1 amide bonds. The van der Waals surface area contributed by atoms with E-state index in [0.29, 0.717) is 24.2 Å².